The van der Waals surface area contributed by atoms with Crippen LogP contribution in [0.2, 0.25) is 0 Å². The third-order valence-corrected chi connectivity index (χ3v) is 13.1. The molecule has 0 saturated carbocycles. The van der Waals surface area contributed by atoms with Crippen molar-refractivity contribution in [3.63, 3.8) is 0 Å². The molecule has 7 rings (SSSR count). The molecule has 73 heavy (non-hydrogen) atoms. The number of piperazine rings is 1. The minimum Gasteiger partial charge on any atom is -0.494 e. The van der Waals surface area contributed by atoms with Crippen molar-refractivity contribution in [3.05, 3.63) is 113 Å². The normalized spacial score (nSPS) is 16.4. The molecule has 1 aromatic heterocycles. The summed E-state index contributed by atoms with van der Waals surface area (Å²) >= 11 is 0. The van der Waals surface area contributed by atoms with Crippen LogP contribution < -0.4 is 31.3 Å². The van der Waals surface area contributed by atoms with E-state index in [4.69, 9.17) is 30.1 Å². The van der Waals surface area contributed by atoms with E-state index in [9.17, 15) is 24.0 Å². The molecule has 4 heterocycles. The van der Waals surface area contributed by atoms with E-state index in [1.54, 1.807) is 47.0 Å². The zero-order valence-electron chi connectivity index (χ0n) is 41.8. The van der Waals surface area contributed by atoms with Gasteiger partial charge in [-0.25, -0.2) is 14.5 Å². The van der Waals surface area contributed by atoms with Gasteiger partial charge in [0, 0.05) is 74.5 Å². The van der Waals surface area contributed by atoms with Crippen molar-refractivity contribution >= 4 is 52.6 Å². The van der Waals surface area contributed by atoms with Crippen molar-refractivity contribution in [2.75, 3.05) is 96.2 Å². The Hall–Kier alpha value is -7.29. The number of aromatic nitrogens is 2. The summed E-state index contributed by atoms with van der Waals surface area (Å²) in [5.41, 5.74) is 11.3. The topological polar surface area (TPSA) is 247 Å². The highest BCUT2D eigenvalue weighted by Crippen LogP contribution is 2.31. The van der Waals surface area contributed by atoms with E-state index in [-0.39, 0.29) is 48.5 Å². The molecule has 3 aromatic carbocycles. The van der Waals surface area contributed by atoms with Crippen molar-refractivity contribution in [1.82, 2.24) is 30.4 Å². The number of nitrogens with one attached hydrogen (secondary N) is 4. The number of nitrogens with zero attached hydrogens (tertiary/aromatic N) is 6. The lowest BCUT2D eigenvalue weighted by Gasteiger charge is -2.36. The molecule has 0 bridgehead atoms. The molecule has 5 amide bonds. The monoisotopic (exact) mass is 1000 g/mol. The summed E-state index contributed by atoms with van der Waals surface area (Å²) in [6.07, 6.45) is 7.70. The second-order valence-electron chi connectivity index (χ2n) is 18.2. The van der Waals surface area contributed by atoms with E-state index in [0.29, 0.717) is 120 Å². The first-order valence-electron chi connectivity index (χ1n) is 25.1. The first-order chi connectivity index (χ1) is 35.4. The van der Waals surface area contributed by atoms with Gasteiger partial charge in [0.15, 0.2) is 0 Å². The van der Waals surface area contributed by atoms with E-state index in [0.717, 1.165) is 48.2 Å². The molecule has 20 heteroatoms. The lowest BCUT2D eigenvalue weighted by molar-refractivity contribution is -0.373. The van der Waals surface area contributed by atoms with Gasteiger partial charge >= 0.3 is 0 Å². The molecule has 2 saturated heterocycles. The summed E-state index contributed by atoms with van der Waals surface area (Å²) in [7, 11) is 1.70. The highest BCUT2D eigenvalue weighted by atomic mass is 16.5. The summed E-state index contributed by atoms with van der Waals surface area (Å²) in [5.74, 6) is 0.231. The molecule has 0 aliphatic carbocycles. The fourth-order valence-electron chi connectivity index (χ4n) is 8.75. The number of amidine groups is 2. The van der Waals surface area contributed by atoms with Crippen LogP contribution in [0.1, 0.15) is 95.4 Å². The molecule has 6 N–H and O–H groups in total. The Morgan fingerprint density at radius 3 is 2.37 bits per heavy atom. The summed E-state index contributed by atoms with van der Waals surface area (Å²) in [6, 6.07) is 21.4. The van der Waals surface area contributed by atoms with Crippen LogP contribution in [0.3, 0.4) is 0 Å². The van der Waals surface area contributed by atoms with Crippen LogP contribution >= 0.6 is 0 Å². The van der Waals surface area contributed by atoms with Crippen LogP contribution in [0.4, 0.5) is 11.4 Å². The number of hydrogen-bond acceptors (Lipinski definition) is 14. The van der Waals surface area contributed by atoms with Gasteiger partial charge in [-0.15, -0.1) is 0 Å². The Labute approximate surface area is 426 Å². The molecule has 388 valence electrons. The molecule has 2 fully saturated rings. The van der Waals surface area contributed by atoms with Gasteiger partial charge in [0.2, 0.25) is 23.6 Å². The van der Waals surface area contributed by atoms with Crippen molar-refractivity contribution < 1.29 is 47.5 Å². The number of piperidine rings is 1. The average Bonchev–Trinajstić information content (AvgIpc) is 3.74. The molecule has 20 nitrogen and oxygen atoms in total. The van der Waals surface area contributed by atoms with E-state index < -0.39 is 11.9 Å². The van der Waals surface area contributed by atoms with Gasteiger partial charge in [0.25, 0.3) is 17.6 Å². The fourth-order valence-corrected chi connectivity index (χ4v) is 8.75. The van der Waals surface area contributed by atoms with Gasteiger partial charge in [-0.3, -0.25) is 29.3 Å². The predicted octanol–water partition coefficient (Wildman–Crippen LogP) is 3.89. The summed E-state index contributed by atoms with van der Waals surface area (Å²) in [6.45, 7) is 8.41. The van der Waals surface area contributed by atoms with Crippen molar-refractivity contribution in [3.8, 4) is 5.75 Å². The highest BCUT2D eigenvalue weighted by Gasteiger charge is 2.39. The number of imide groups is 1. The lowest BCUT2D eigenvalue weighted by atomic mass is 10.0. The van der Waals surface area contributed by atoms with Gasteiger partial charge in [-0.05, 0) is 98.3 Å². The number of nitrogens with two attached hydrogens (primary N) is 1. The Bertz CT molecular complexity index is 2590. The molecule has 3 aliphatic rings. The van der Waals surface area contributed by atoms with Gasteiger partial charge in [-0.2, -0.15) is 5.41 Å². The first-order valence-corrected chi connectivity index (χ1v) is 25.1. The molecular formula is C53H68N11O9+. The highest BCUT2D eigenvalue weighted by molar-refractivity contribution is 6.05. The van der Waals surface area contributed by atoms with Crippen LogP contribution in [0.25, 0.3) is 0 Å². The Morgan fingerprint density at radius 2 is 1.62 bits per heavy atom. The first kappa shape index (κ1) is 53.5. The maximum atomic E-state index is 13.2. The van der Waals surface area contributed by atoms with Gasteiger partial charge in [0.05, 0.1) is 59.2 Å². The standard InChI is InChI=1S/C53H67N11O9/c1-37(59-51(67)39-10-7-11-41(31-39)57-34-47(54)61(2)50(55)45-17-19-56-36-58-45)38-9-8-12-43(33-38)73-25-6-4-3-5-24-70-27-29-72-30-28-71-26-18-49(66)63-22-20-62(21-23-63)42-13-14-44-40(32-42)35-64(53(44)69)46-15-16-48(65)60-52(46)68/h7-14,17,19,31-33,36-37,46,54-55,57H,3-6,15-16,18,20-30,34-35H2,1-2H3,(H2,59,60,65,67,68)/p+1/t37-,46?/m1/s1. The number of carbonyl (C=O) groups excluding carboxylic acids is 5. The second-order valence-corrected chi connectivity index (χ2v) is 18.2. The van der Waals surface area contributed by atoms with Crippen LogP contribution in [0.5, 0.6) is 5.75 Å². The lowest BCUT2D eigenvalue weighted by Crippen LogP contribution is -2.52. The number of carbonyl (C=O) groups is 5. The summed E-state index contributed by atoms with van der Waals surface area (Å²) in [4.78, 5) is 76.8. The Balaban J connectivity index is 0.669. The number of fused-ring (bicyclic) bond motifs is 1. The zero-order valence-corrected chi connectivity index (χ0v) is 41.8. The summed E-state index contributed by atoms with van der Waals surface area (Å²) < 4.78 is 24.6. The molecule has 3 aliphatic heterocycles. The van der Waals surface area contributed by atoms with E-state index in [1.165, 1.54) is 6.33 Å². The second kappa shape index (κ2) is 27.0. The summed E-state index contributed by atoms with van der Waals surface area (Å²) in [5, 5.41) is 17.0. The van der Waals surface area contributed by atoms with E-state index in [2.05, 4.69) is 30.8 Å². The number of anilines is 2. The number of hydrogen-bond donors (Lipinski definition) is 5. The Kier molecular flexibility index (Phi) is 19.8. The average molecular weight is 1000 g/mol. The van der Waals surface area contributed by atoms with Crippen LogP contribution in [0, 0.1) is 5.41 Å². The van der Waals surface area contributed by atoms with Crippen molar-refractivity contribution in [1.29, 1.82) is 5.41 Å². The SMILES string of the molecule is C[C@@H](NC(=O)c1cccc(NCC(N)=[N+](C)C(=N)c2ccncn2)c1)c1cccc(OCCCCCCOCCOCCOCCC(=O)N2CCN(c3ccc4c(c3)CN(C3CCC(=O)NC3=O)C4=O)CC2)c1. The number of amides is 5. The number of unbranched alkanes of at least 4 members (excludes halogenated alkanes) is 3. The van der Waals surface area contributed by atoms with Crippen molar-refractivity contribution in [2.45, 2.75) is 70.5 Å². The third kappa shape index (κ3) is 15.4. The van der Waals surface area contributed by atoms with Crippen LogP contribution in [0.15, 0.2) is 85.3 Å². The minimum atomic E-state index is -0.643. The molecule has 0 radical (unpaired) electrons. The van der Waals surface area contributed by atoms with E-state index in [1.807, 2.05) is 60.4 Å². The molecule has 4 aromatic rings. The third-order valence-electron chi connectivity index (χ3n) is 13.1. The molecule has 1 unspecified atom stereocenters. The number of rotatable bonds is 26. The molecule has 0 spiro atoms. The van der Waals surface area contributed by atoms with Crippen LogP contribution in [-0.4, -0.2) is 158 Å². The van der Waals surface area contributed by atoms with E-state index >= 15 is 0 Å². The molecular weight excluding hydrogens is 935 g/mol. The van der Waals surface area contributed by atoms with Gasteiger partial charge in [-0.1, -0.05) is 24.6 Å². The number of ether oxygens (including phenoxy) is 4. The van der Waals surface area contributed by atoms with Gasteiger partial charge < -0.3 is 50.0 Å². The Morgan fingerprint density at radius 1 is 0.877 bits per heavy atom. The van der Waals surface area contributed by atoms with Crippen molar-refractivity contribution in [2.24, 2.45) is 5.73 Å². The van der Waals surface area contributed by atoms with Gasteiger partial charge in [0.1, 0.15) is 30.4 Å². The smallest absolute Gasteiger partial charge is 0.280 e. The quantitative estimate of drug-likeness (QED) is 0.0197. The maximum Gasteiger partial charge on any atom is 0.280 e. The molecule has 2 atom stereocenters. The largest absolute Gasteiger partial charge is 0.494 e. The predicted molar refractivity (Wildman–Crippen MR) is 274 cm³/mol. The maximum absolute atomic E-state index is 13.2. The zero-order chi connectivity index (χ0) is 51.5. The van der Waals surface area contributed by atoms with Crippen LogP contribution in [-0.2, 0) is 35.1 Å². The fraction of sp³-hybridized carbons (Fsp3) is 0.453. The minimum absolute atomic E-state index is 0.0532. The number of benzene rings is 3.